The van der Waals surface area contributed by atoms with Crippen molar-refractivity contribution < 1.29 is 9.53 Å². The van der Waals surface area contributed by atoms with Crippen LogP contribution in [0.1, 0.15) is 19.4 Å². The molecule has 0 spiro atoms. The number of anilines is 1. The second-order valence-corrected chi connectivity index (χ2v) is 4.12. The van der Waals surface area contributed by atoms with Crippen molar-refractivity contribution in [3.63, 3.8) is 0 Å². The maximum Gasteiger partial charge on any atom is 0.221 e. The predicted octanol–water partition coefficient (Wildman–Crippen LogP) is 1.77. The maximum absolute atomic E-state index is 10.8. The number of hydrogen-bond acceptors (Lipinski definition) is 3. The van der Waals surface area contributed by atoms with E-state index in [1.807, 2.05) is 24.3 Å². The molecule has 94 valence electrons. The fraction of sp³-hybridized carbons (Fsp3) is 0.462. The number of hydrogen-bond donors (Lipinski definition) is 2. The van der Waals surface area contributed by atoms with Gasteiger partial charge in [0.1, 0.15) is 0 Å². The SMILES string of the molecule is COCC(C)NCc1ccc(NC(C)=O)cc1. The van der Waals surface area contributed by atoms with Gasteiger partial charge in [0, 0.05) is 32.3 Å². The molecule has 1 amide bonds. The van der Waals surface area contributed by atoms with Crippen LogP contribution in [0.2, 0.25) is 0 Å². The van der Waals surface area contributed by atoms with Gasteiger partial charge in [0.15, 0.2) is 0 Å². The van der Waals surface area contributed by atoms with Crippen LogP contribution < -0.4 is 10.6 Å². The van der Waals surface area contributed by atoms with Crippen molar-refractivity contribution in [1.82, 2.24) is 5.32 Å². The van der Waals surface area contributed by atoms with Crippen LogP contribution in [0, 0.1) is 0 Å². The summed E-state index contributed by atoms with van der Waals surface area (Å²) in [5.74, 6) is -0.0513. The second-order valence-electron chi connectivity index (χ2n) is 4.12. The quantitative estimate of drug-likeness (QED) is 0.791. The molecular formula is C13H20N2O2. The zero-order valence-electron chi connectivity index (χ0n) is 10.6. The minimum Gasteiger partial charge on any atom is -0.383 e. The van der Waals surface area contributed by atoms with Crippen molar-refractivity contribution in [2.24, 2.45) is 0 Å². The lowest BCUT2D eigenvalue weighted by molar-refractivity contribution is -0.114. The Kier molecular flexibility index (Phi) is 5.66. The van der Waals surface area contributed by atoms with Gasteiger partial charge >= 0.3 is 0 Å². The first kappa shape index (κ1) is 13.7. The summed E-state index contributed by atoms with van der Waals surface area (Å²) in [6, 6.07) is 8.13. The van der Waals surface area contributed by atoms with E-state index in [2.05, 4.69) is 17.6 Å². The van der Waals surface area contributed by atoms with Crippen molar-refractivity contribution in [3.05, 3.63) is 29.8 Å². The second kappa shape index (κ2) is 7.04. The summed E-state index contributed by atoms with van der Waals surface area (Å²) in [4.78, 5) is 10.8. The van der Waals surface area contributed by atoms with Gasteiger partial charge < -0.3 is 15.4 Å². The zero-order valence-corrected chi connectivity index (χ0v) is 10.6. The minimum atomic E-state index is -0.0513. The summed E-state index contributed by atoms with van der Waals surface area (Å²) in [5, 5.41) is 6.09. The van der Waals surface area contributed by atoms with Gasteiger partial charge in [-0.25, -0.2) is 0 Å². The fourth-order valence-corrected chi connectivity index (χ4v) is 1.51. The molecule has 4 heteroatoms. The van der Waals surface area contributed by atoms with Gasteiger partial charge in [0.25, 0.3) is 0 Å². The largest absolute Gasteiger partial charge is 0.383 e. The number of amides is 1. The Hall–Kier alpha value is -1.39. The van der Waals surface area contributed by atoms with Gasteiger partial charge in [-0.15, -0.1) is 0 Å². The van der Waals surface area contributed by atoms with Crippen LogP contribution in [-0.4, -0.2) is 25.7 Å². The number of carbonyl (C=O) groups is 1. The molecule has 17 heavy (non-hydrogen) atoms. The van der Waals surface area contributed by atoms with Crippen LogP contribution in [-0.2, 0) is 16.1 Å². The molecule has 1 aromatic rings. The molecule has 0 aliphatic carbocycles. The molecule has 0 bridgehead atoms. The highest BCUT2D eigenvalue weighted by Crippen LogP contribution is 2.09. The molecule has 0 fully saturated rings. The molecule has 0 saturated heterocycles. The average molecular weight is 236 g/mol. The van der Waals surface area contributed by atoms with Crippen LogP contribution in [0.3, 0.4) is 0 Å². The van der Waals surface area contributed by atoms with Crippen molar-refractivity contribution >= 4 is 11.6 Å². The molecule has 4 nitrogen and oxygen atoms in total. The predicted molar refractivity (Wildman–Crippen MR) is 68.9 cm³/mol. The third-order valence-corrected chi connectivity index (χ3v) is 2.35. The first-order chi connectivity index (χ1) is 8.11. The van der Waals surface area contributed by atoms with E-state index in [1.54, 1.807) is 7.11 Å². The molecule has 0 aromatic heterocycles. The average Bonchev–Trinajstić information content (AvgIpc) is 2.28. The van der Waals surface area contributed by atoms with E-state index < -0.39 is 0 Å². The standard InChI is InChI=1S/C13H20N2O2/c1-10(9-17-3)14-8-12-4-6-13(7-5-12)15-11(2)16/h4-7,10,14H,8-9H2,1-3H3,(H,15,16). The molecule has 1 rings (SSSR count). The van der Waals surface area contributed by atoms with E-state index in [4.69, 9.17) is 4.74 Å². The number of nitrogens with one attached hydrogen (secondary N) is 2. The highest BCUT2D eigenvalue weighted by atomic mass is 16.5. The van der Waals surface area contributed by atoms with Crippen molar-refractivity contribution in [1.29, 1.82) is 0 Å². The summed E-state index contributed by atoms with van der Waals surface area (Å²) in [6.45, 7) is 5.08. The summed E-state index contributed by atoms with van der Waals surface area (Å²) >= 11 is 0. The summed E-state index contributed by atoms with van der Waals surface area (Å²) in [5.41, 5.74) is 2.01. The third kappa shape index (κ3) is 5.47. The fourth-order valence-electron chi connectivity index (χ4n) is 1.51. The topological polar surface area (TPSA) is 50.4 Å². The molecule has 2 N–H and O–H groups in total. The van der Waals surface area contributed by atoms with E-state index in [-0.39, 0.29) is 5.91 Å². The summed E-state index contributed by atoms with van der Waals surface area (Å²) in [6.07, 6.45) is 0. The molecule has 0 heterocycles. The normalized spacial score (nSPS) is 12.2. The Labute approximate surface area is 102 Å². The number of carbonyl (C=O) groups excluding carboxylic acids is 1. The molecule has 0 radical (unpaired) electrons. The number of benzene rings is 1. The summed E-state index contributed by atoms with van der Waals surface area (Å²) < 4.78 is 5.04. The molecule has 0 saturated carbocycles. The highest BCUT2D eigenvalue weighted by molar-refractivity contribution is 5.88. The van der Waals surface area contributed by atoms with E-state index in [0.29, 0.717) is 12.6 Å². The number of rotatable bonds is 6. The number of methoxy groups -OCH3 is 1. The van der Waals surface area contributed by atoms with Crippen molar-refractivity contribution in [2.45, 2.75) is 26.4 Å². The van der Waals surface area contributed by atoms with Gasteiger partial charge in [-0.05, 0) is 24.6 Å². The van der Waals surface area contributed by atoms with Gasteiger partial charge in [-0.1, -0.05) is 12.1 Å². The lowest BCUT2D eigenvalue weighted by Crippen LogP contribution is -2.29. The van der Waals surface area contributed by atoms with Gasteiger partial charge in [0.2, 0.25) is 5.91 Å². The van der Waals surface area contributed by atoms with Gasteiger partial charge in [-0.3, -0.25) is 4.79 Å². The molecule has 1 atom stereocenters. The Balaban J connectivity index is 2.42. The smallest absolute Gasteiger partial charge is 0.221 e. The van der Waals surface area contributed by atoms with Crippen LogP contribution >= 0.6 is 0 Å². The molecule has 1 aromatic carbocycles. The van der Waals surface area contributed by atoms with E-state index >= 15 is 0 Å². The lowest BCUT2D eigenvalue weighted by atomic mass is 10.2. The molecule has 1 unspecified atom stereocenters. The molecule has 0 aliphatic heterocycles. The highest BCUT2D eigenvalue weighted by Gasteiger charge is 2.01. The maximum atomic E-state index is 10.8. The Morgan fingerprint density at radius 1 is 1.35 bits per heavy atom. The summed E-state index contributed by atoms with van der Waals surface area (Å²) in [7, 11) is 1.69. The first-order valence-electron chi connectivity index (χ1n) is 5.70. The molecular weight excluding hydrogens is 216 g/mol. The van der Waals surface area contributed by atoms with Crippen LogP contribution in [0.15, 0.2) is 24.3 Å². The lowest BCUT2D eigenvalue weighted by Gasteiger charge is -2.12. The van der Waals surface area contributed by atoms with Crippen molar-refractivity contribution in [3.8, 4) is 0 Å². The third-order valence-electron chi connectivity index (χ3n) is 2.35. The Morgan fingerprint density at radius 3 is 2.53 bits per heavy atom. The van der Waals surface area contributed by atoms with Crippen molar-refractivity contribution in [2.75, 3.05) is 19.0 Å². The van der Waals surface area contributed by atoms with Crippen LogP contribution in [0.5, 0.6) is 0 Å². The van der Waals surface area contributed by atoms with Gasteiger partial charge in [-0.2, -0.15) is 0 Å². The Morgan fingerprint density at radius 2 is 2.00 bits per heavy atom. The van der Waals surface area contributed by atoms with Gasteiger partial charge in [0.05, 0.1) is 6.61 Å². The van der Waals surface area contributed by atoms with E-state index in [1.165, 1.54) is 12.5 Å². The van der Waals surface area contributed by atoms with E-state index in [9.17, 15) is 4.79 Å². The monoisotopic (exact) mass is 236 g/mol. The van der Waals surface area contributed by atoms with Crippen LogP contribution in [0.25, 0.3) is 0 Å². The number of ether oxygens (including phenoxy) is 1. The van der Waals surface area contributed by atoms with Crippen LogP contribution in [0.4, 0.5) is 5.69 Å². The minimum absolute atomic E-state index is 0.0513. The zero-order chi connectivity index (χ0) is 12.7. The molecule has 0 aliphatic rings. The first-order valence-corrected chi connectivity index (χ1v) is 5.70. The van der Waals surface area contributed by atoms with E-state index in [0.717, 1.165) is 12.2 Å². The Bertz CT molecular complexity index is 349.